The van der Waals surface area contributed by atoms with Gasteiger partial charge in [-0.05, 0) is 25.3 Å². The number of azide groups is 1. The number of hydrogen-bond acceptors (Lipinski definition) is 8. The summed E-state index contributed by atoms with van der Waals surface area (Å²) in [7, 11) is 0. The lowest BCUT2D eigenvalue weighted by Crippen LogP contribution is -2.59. The number of aliphatic carboxylic acids is 1. The lowest BCUT2D eigenvalue weighted by Gasteiger charge is -2.41. The van der Waals surface area contributed by atoms with Gasteiger partial charge in [0.25, 0.3) is 0 Å². The van der Waals surface area contributed by atoms with Crippen LogP contribution in [0.25, 0.3) is 10.4 Å². The van der Waals surface area contributed by atoms with Crippen molar-refractivity contribution in [3.63, 3.8) is 0 Å². The number of nitrogens with zero attached hydrogens (tertiary/aromatic N) is 3. The molecule has 3 unspecified atom stereocenters. The number of carboxylic acid groups (broad SMARTS) is 1. The molecule has 6 atom stereocenters. The Hall–Kier alpha value is -1.91. The van der Waals surface area contributed by atoms with Crippen molar-refractivity contribution in [3.05, 3.63) is 10.4 Å². The smallest absolute Gasteiger partial charge is 0.305 e. The third kappa shape index (κ3) is 9.42. The predicted octanol–water partition coefficient (Wildman–Crippen LogP) is 1.90. The summed E-state index contributed by atoms with van der Waals surface area (Å²) in [5.74, 6) is -1.71. The fraction of sp³-hybridized carbons (Fsp3) is 0.889. The zero-order chi connectivity index (χ0) is 21.8. The molecule has 0 aliphatic carbocycles. The summed E-state index contributed by atoms with van der Waals surface area (Å²) in [6.45, 7) is 3.17. The van der Waals surface area contributed by atoms with Crippen LogP contribution in [-0.2, 0) is 23.8 Å². The molecule has 29 heavy (non-hydrogen) atoms. The maximum absolute atomic E-state index is 11.2. The van der Waals surface area contributed by atoms with Crippen LogP contribution in [0.5, 0.6) is 0 Å². The van der Waals surface area contributed by atoms with E-state index in [9.17, 15) is 19.8 Å². The van der Waals surface area contributed by atoms with Crippen molar-refractivity contribution in [2.45, 2.75) is 95.6 Å². The minimum absolute atomic E-state index is 0.265. The van der Waals surface area contributed by atoms with E-state index < -0.39 is 48.7 Å². The molecule has 166 valence electrons. The zero-order valence-corrected chi connectivity index (χ0v) is 16.8. The molecule has 0 radical (unpaired) electrons. The third-order valence-electron chi connectivity index (χ3n) is 4.66. The molecule has 0 bridgehead atoms. The molecule has 11 nitrogen and oxygen atoms in total. The first-order valence-corrected chi connectivity index (χ1v) is 9.83. The van der Waals surface area contributed by atoms with Gasteiger partial charge in [0, 0.05) is 18.4 Å². The van der Waals surface area contributed by atoms with Gasteiger partial charge in [-0.2, -0.15) is 0 Å². The second kappa shape index (κ2) is 13.3. The average molecular weight is 417 g/mol. The van der Waals surface area contributed by atoms with Gasteiger partial charge in [-0.25, -0.2) is 0 Å². The summed E-state index contributed by atoms with van der Waals surface area (Å²) in [4.78, 5) is 25.1. The largest absolute Gasteiger partial charge is 0.481 e. The summed E-state index contributed by atoms with van der Waals surface area (Å²) < 4.78 is 16.2. The van der Waals surface area contributed by atoms with E-state index in [0.717, 1.165) is 32.6 Å². The quantitative estimate of drug-likeness (QED) is 0.134. The molecule has 0 amide bonds. The monoisotopic (exact) mass is 417 g/mol. The first kappa shape index (κ1) is 25.1. The summed E-state index contributed by atoms with van der Waals surface area (Å²) in [5, 5.41) is 33.1. The minimum atomic E-state index is -1.44. The summed E-state index contributed by atoms with van der Waals surface area (Å²) in [6, 6.07) is 0. The van der Waals surface area contributed by atoms with Crippen LogP contribution < -0.4 is 0 Å². The number of hydrogen-bond donors (Lipinski definition) is 3. The molecule has 0 aromatic heterocycles. The number of carboxylic acids is 1. The van der Waals surface area contributed by atoms with Gasteiger partial charge in [0.15, 0.2) is 12.4 Å². The van der Waals surface area contributed by atoms with E-state index >= 15 is 0 Å². The molecule has 11 heteroatoms. The number of rotatable bonds is 13. The van der Waals surface area contributed by atoms with Crippen LogP contribution in [0, 0.1) is 0 Å². The van der Waals surface area contributed by atoms with Crippen LogP contribution in [0.2, 0.25) is 0 Å². The number of aliphatic hydroxyl groups excluding tert-OH is 2. The van der Waals surface area contributed by atoms with Gasteiger partial charge in [-0.15, -0.1) is 0 Å². The van der Waals surface area contributed by atoms with Crippen molar-refractivity contribution in [2.24, 2.45) is 5.11 Å². The molecule has 0 saturated carbocycles. The maximum Gasteiger partial charge on any atom is 0.305 e. The van der Waals surface area contributed by atoms with Crippen molar-refractivity contribution >= 4 is 11.9 Å². The topological polar surface area (TPSA) is 171 Å². The average Bonchev–Trinajstić information content (AvgIpc) is 2.64. The zero-order valence-electron chi connectivity index (χ0n) is 16.8. The van der Waals surface area contributed by atoms with Gasteiger partial charge in [0.2, 0.25) is 0 Å². The number of carbonyl (C=O) groups excluding carboxylic acids is 1. The van der Waals surface area contributed by atoms with Gasteiger partial charge < -0.3 is 29.5 Å². The second-order valence-electron chi connectivity index (χ2n) is 7.13. The van der Waals surface area contributed by atoms with E-state index in [0.29, 0.717) is 19.4 Å². The first-order chi connectivity index (χ1) is 13.8. The lowest BCUT2D eigenvalue weighted by atomic mass is 9.99. The molecular formula is C18H31N3O8. The number of ether oxygens (including phenoxy) is 3. The minimum Gasteiger partial charge on any atom is -0.481 e. The van der Waals surface area contributed by atoms with Crippen molar-refractivity contribution < 1.29 is 39.1 Å². The Morgan fingerprint density at radius 1 is 1.17 bits per heavy atom. The molecule has 1 heterocycles. The highest BCUT2D eigenvalue weighted by Crippen LogP contribution is 2.27. The fourth-order valence-electron chi connectivity index (χ4n) is 3.17. The van der Waals surface area contributed by atoms with Gasteiger partial charge in [0.1, 0.15) is 12.2 Å². The normalized spacial score (nSPS) is 27.7. The highest BCUT2D eigenvalue weighted by molar-refractivity contribution is 5.67. The van der Waals surface area contributed by atoms with Crippen molar-refractivity contribution in [3.8, 4) is 0 Å². The van der Waals surface area contributed by atoms with Gasteiger partial charge in [-0.3, -0.25) is 9.59 Å². The molecule has 0 aromatic rings. The number of unbranched alkanes of at least 4 members (excludes halogenated alkanes) is 4. The molecule has 1 fully saturated rings. The Bertz CT molecular complexity index is 569. The standard InChI is InChI=1S/C18H31N3O8/c1-11-15(25)17(28-12(2)22)16(26)18(27-11)29-13(10-14(23)24)8-6-4-3-5-7-9-20-21-19/h11,13,15-18,25-26H,3-10H2,1-2H3,(H,23,24)/t11?,13?,15-,16?,17-,18-/m0/s1. The summed E-state index contributed by atoms with van der Waals surface area (Å²) in [6.07, 6.45) is -2.18. The van der Waals surface area contributed by atoms with E-state index in [1.54, 1.807) is 6.92 Å². The Labute approximate surface area is 169 Å². The number of carbonyl (C=O) groups is 2. The number of esters is 1. The first-order valence-electron chi connectivity index (χ1n) is 9.83. The van der Waals surface area contributed by atoms with E-state index in [1.807, 2.05) is 0 Å². The lowest BCUT2D eigenvalue weighted by molar-refractivity contribution is -0.306. The summed E-state index contributed by atoms with van der Waals surface area (Å²) >= 11 is 0. The molecule has 1 saturated heterocycles. The highest BCUT2D eigenvalue weighted by Gasteiger charge is 2.46. The van der Waals surface area contributed by atoms with Crippen LogP contribution in [0.4, 0.5) is 0 Å². The molecule has 0 spiro atoms. The highest BCUT2D eigenvalue weighted by atomic mass is 16.7. The van der Waals surface area contributed by atoms with E-state index in [1.165, 1.54) is 0 Å². The van der Waals surface area contributed by atoms with Crippen LogP contribution in [0.1, 0.15) is 58.8 Å². The van der Waals surface area contributed by atoms with Gasteiger partial charge >= 0.3 is 11.9 Å². The van der Waals surface area contributed by atoms with Crippen LogP contribution in [0.3, 0.4) is 0 Å². The van der Waals surface area contributed by atoms with Crippen molar-refractivity contribution in [1.82, 2.24) is 0 Å². The fourth-order valence-corrected chi connectivity index (χ4v) is 3.17. The Morgan fingerprint density at radius 3 is 2.45 bits per heavy atom. The second-order valence-corrected chi connectivity index (χ2v) is 7.13. The molecule has 3 N–H and O–H groups in total. The van der Waals surface area contributed by atoms with E-state index in [4.69, 9.17) is 24.8 Å². The van der Waals surface area contributed by atoms with Crippen LogP contribution >= 0.6 is 0 Å². The molecule has 1 aliphatic rings. The third-order valence-corrected chi connectivity index (χ3v) is 4.66. The van der Waals surface area contributed by atoms with Crippen molar-refractivity contribution in [2.75, 3.05) is 6.54 Å². The van der Waals surface area contributed by atoms with Gasteiger partial charge in [0.05, 0.1) is 18.6 Å². The number of aliphatic hydroxyl groups is 2. The van der Waals surface area contributed by atoms with Crippen molar-refractivity contribution in [1.29, 1.82) is 0 Å². The Balaban J connectivity index is 2.56. The SMILES string of the molecule is CC(=O)O[C@@H]1C(O)[C@H](OC(CCCCCCCN=[N+]=[N-])CC(=O)O)OC(C)[C@@H]1O. The van der Waals surface area contributed by atoms with Crippen LogP contribution in [-0.4, -0.2) is 70.6 Å². The van der Waals surface area contributed by atoms with Gasteiger partial charge in [-0.1, -0.05) is 30.8 Å². The van der Waals surface area contributed by atoms with E-state index in [-0.39, 0.29) is 6.42 Å². The molecule has 1 aliphatic heterocycles. The van der Waals surface area contributed by atoms with E-state index in [2.05, 4.69) is 10.0 Å². The summed E-state index contributed by atoms with van der Waals surface area (Å²) in [5.41, 5.74) is 8.21. The van der Waals surface area contributed by atoms with Crippen LogP contribution in [0.15, 0.2) is 5.11 Å². The Morgan fingerprint density at radius 2 is 1.83 bits per heavy atom. The Kier molecular flexibility index (Phi) is 11.6. The molecular weight excluding hydrogens is 386 g/mol. The molecule has 0 aromatic carbocycles. The predicted molar refractivity (Wildman–Crippen MR) is 101 cm³/mol. The maximum atomic E-state index is 11.2. The molecule has 1 rings (SSSR count).